The van der Waals surface area contributed by atoms with E-state index in [1.807, 2.05) is 0 Å². The Bertz CT molecular complexity index is 1010. The maximum absolute atomic E-state index is 2.50. The fourth-order valence-electron chi connectivity index (χ4n) is 6.95. The van der Waals surface area contributed by atoms with Gasteiger partial charge < -0.3 is 0 Å². The minimum atomic E-state index is 0.323. The lowest BCUT2D eigenvalue weighted by molar-refractivity contribution is 0.149. The van der Waals surface area contributed by atoms with E-state index in [4.69, 9.17) is 0 Å². The number of rotatable bonds is 14. The van der Waals surface area contributed by atoms with Crippen molar-refractivity contribution in [3.8, 4) is 0 Å². The molecule has 0 saturated carbocycles. The Morgan fingerprint density at radius 2 is 1.40 bits per heavy atom. The van der Waals surface area contributed by atoms with Crippen LogP contribution in [0.2, 0.25) is 0 Å². The van der Waals surface area contributed by atoms with Crippen LogP contribution in [0.25, 0.3) is 0 Å². The average Bonchev–Trinajstić information content (AvgIpc) is 2.85. The molecule has 0 spiro atoms. The molecule has 0 unspecified atom stereocenters. The SMILES string of the molecule is CC1=C(/C=C\C(C)=C\CC/C(C)=C/CC/C=C(\C)CC/C=C(\C)CC[C@H]2[C@H](C)C=CCC2(C)C)C(C)(C)CCC1. The largest absolute Gasteiger partial charge is 0.0877 e. The molecule has 0 saturated heterocycles. The summed E-state index contributed by atoms with van der Waals surface area (Å²) in [5.74, 6) is 1.51. The summed E-state index contributed by atoms with van der Waals surface area (Å²) in [5, 5.41) is 0. The van der Waals surface area contributed by atoms with Crippen molar-refractivity contribution in [3.05, 3.63) is 82.0 Å². The van der Waals surface area contributed by atoms with Crippen LogP contribution in [0, 0.1) is 22.7 Å². The number of hydrogen-bond donors (Lipinski definition) is 0. The Morgan fingerprint density at radius 1 is 0.825 bits per heavy atom. The quantitative estimate of drug-likeness (QED) is 0.116. The van der Waals surface area contributed by atoms with E-state index in [0.717, 1.165) is 31.6 Å². The van der Waals surface area contributed by atoms with Gasteiger partial charge in [0.2, 0.25) is 0 Å². The molecule has 0 nitrogen and oxygen atoms in total. The molecule has 2 aliphatic carbocycles. The highest BCUT2D eigenvalue weighted by molar-refractivity contribution is 5.36. The Hall–Kier alpha value is -1.82. The molecule has 0 heteroatoms. The average molecular weight is 545 g/mol. The van der Waals surface area contributed by atoms with Crippen LogP contribution in [-0.4, -0.2) is 0 Å². The lowest BCUT2D eigenvalue weighted by Gasteiger charge is -2.40. The highest BCUT2D eigenvalue weighted by Crippen LogP contribution is 2.43. The number of allylic oxidation sites excluding steroid dienone is 14. The van der Waals surface area contributed by atoms with Crippen LogP contribution in [0.3, 0.4) is 0 Å². The van der Waals surface area contributed by atoms with Crippen LogP contribution in [0.15, 0.2) is 82.0 Å². The topological polar surface area (TPSA) is 0 Å². The Kier molecular flexibility index (Phi) is 14.3. The van der Waals surface area contributed by atoms with Crippen LogP contribution < -0.4 is 0 Å². The van der Waals surface area contributed by atoms with E-state index in [-0.39, 0.29) is 0 Å². The molecule has 0 aromatic rings. The molecule has 0 aromatic carbocycles. The van der Waals surface area contributed by atoms with Crippen LogP contribution in [-0.2, 0) is 0 Å². The maximum Gasteiger partial charge on any atom is -0.0104 e. The third kappa shape index (κ3) is 12.0. The predicted molar refractivity (Wildman–Crippen MR) is 182 cm³/mol. The molecule has 2 aliphatic rings. The van der Waals surface area contributed by atoms with Gasteiger partial charge in [0.15, 0.2) is 0 Å². The van der Waals surface area contributed by atoms with Crippen molar-refractivity contribution in [1.82, 2.24) is 0 Å². The smallest absolute Gasteiger partial charge is 0.0104 e. The van der Waals surface area contributed by atoms with Crippen LogP contribution in [0.1, 0.15) is 146 Å². The Morgan fingerprint density at radius 3 is 2.00 bits per heavy atom. The first-order valence-electron chi connectivity index (χ1n) is 16.5. The van der Waals surface area contributed by atoms with Gasteiger partial charge in [0, 0.05) is 0 Å². The molecular formula is C40H64. The molecule has 2 atom stereocenters. The molecule has 0 amide bonds. The predicted octanol–water partition coefficient (Wildman–Crippen LogP) is 13.2. The zero-order valence-corrected chi connectivity index (χ0v) is 28.3. The molecule has 0 fully saturated rings. The van der Waals surface area contributed by atoms with Gasteiger partial charge in [0.05, 0.1) is 0 Å². The van der Waals surface area contributed by atoms with Gasteiger partial charge in [-0.25, -0.2) is 0 Å². The third-order valence-corrected chi connectivity index (χ3v) is 9.82. The van der Waals surface area contributed by atoms with E-state index in [1.54, 1.807) is 22.3 Å². The molecule has 0 bridgehead atoms. The van der Waals surface area contributed by atoms with E-state index >= 15 is 0 Å². The summed E-state index contributed by atoms with van der Waals surface area (Å²) in [7, 11) is 0. The van der Waals surface area contributed by atoms with Crippen molar-refractivity contribution in [2.45, 2.75) is 146 Å². The summed E-state index contributed by atoms with van der Waals surface area (Å²) in [5.41, 5.74) is 9.94. The molecule has 0 aliphatic heterocycles. The van der Waals surface area contributed by atoms with Crippen molar-refractivity contribution in [2.24, 2.45) is 22.7 Å². The zero-order chi connectivity index (χ0) is 29.8. The van der Waals surface area contributed by atoms with Crippen molar-refractivity contribution < 1.29 is 0 Å². The lowest BCUT2D eigenvalue weighted by atomic mass is 9.65. The molecule has 0 radical (unpaired) electrons. The normalized spacial score (nSPS) is 24.4. The molecule has 0 heterocycles. The van der Waals surface area contributed by atoms with Gasteiger partial charge in [-0.2, -0.15) is 0 Å². The Labute approximate surface area is 250 Å². The first kappa shape index (κ1) is 34.4. The third-order valence-electron chi connectivity index (χ3n) is 9.82. The van der Waals surface area contributed by atoms with Gasteiger partial charge in [-0.1, -0.05) is 111 Å². The summed E-state index contributed by atoms with van der Waals surface area (Å²) < 4.78 is 0. The van der Waals surface area contributed by atoms with Crippen LogP contribution in [0.5, 0.6) is 0 Å². The van der Waals surface area contributed by atoms with Crippen molar-refractivity contribution in [2.75, 3.05) is 0 Å². The second-order valence-electron chi connectivity index (χ2n) is 14.6. The van der Waals surface area contributed by atoms with E-state index in [0.29, 0.717) is 16.7 Å². The summed E-state index contributed by atoms with van der Waals surface area (Å²) in [6.45, 7) is 23.6. The van der Waals surface area contributed by atoms with Gasteiger partial charge in [-0.15, -0.1) is 0 Å². The minimum Gasteiger partial charge on any atom is -0.0877 e. The highest BCUT2D eigenvalue weighted by atomic mass is 14.4. The fourth-order valence-corrected chi connectivity index (χ4v) is 6.95. The van der Waals surface area contributed by atoms with Crippen LogP contribution >= 0.6 is 0 Å². The van der Waals surface area contributed by atoms with Crippen molar-refractivity contribution >= 4 is 0 Å². The highest BCUT2D eigenvalue weighted by Gasteiger charge is 2.33. The van der Waals surface area contributed by atoms with Gasteiger partial charge in [-0.3, -0.25) is 0 Å². The van der Waals surface area contributed by atoms with Crippen molar-refractivity contribution in [3.63, 3.8) is 0 Å². The summed E-state index contributed by atoms with van der Waals surface area (Å²) in [6, 6.07) is 0. The first-order chi connectivity index (χ1) is 18.8. The first-order valence-corrected chi connectivity index (χ1v) is 16.5. The van der Waals surface area contributed by atoms with Crippen molar-refractivity contribution in [1.29, 1.82) is 0 Å². The molecule has 0 aromatic heterocycles. The minimum absolute atomic E-state index is 0.323. The van der Waals surface area contributed by atoms with E-state index in [1.165, 1.54) is 62.5 Å². The van der Waals surface area contributed by atoms with Gasteiger partial charge >= 0.3 is 0 Å². The molecule has 0 N–H and O–H groups in total. The van der Waals surface area contributed by atoms with Gasteiger partial charge in [0.25, 0.3) is 0 Å². The fraction of sp³-hybridized carbons (Fsp3) is 0.650. The summed E-state index contributed by atoms with van der Waals surface area (Å²) >= 11 is 0. The van der Waals surface area contributed by atoms with Gasteiger partial charge in [0.1, 0.15) is 0 Å². The van der Waals surface area contributed by atoms with E-state index in [2.05, 4.69) is 118 Å². The Balaban J connectivity index is 1.67. The second kappa shape index (κ2) is 16.6. The molecular weight excluding hydrogens is 480 g/mol. The monoisotopic (exact) mass is 545 g/mol. The second-order valence-corrected chi connectivity index (χ2v) is 14.6. The van der Waals surface area contributed by atoms with Gasteiger partial charge in [-0.05, 0) is 140 Å². The molecule has 40 heavy (non-hydrogen) atoms. The maximum atomic E-state index is 2.50. The van der Waals surface area contributed by atoms with E-state index in [9.17, 15) is 0 Å². The lowest BCUT2D eigenvalue weighted by Crippen LogP contribution is -2.31. The van der Waals surface area contributed by atoms with Crippen LogP contribution in [0.4, 0.5) is 0 Å². The number of hydrogen-bond acceptors (Lipinski definition) is 0. The van der Waals surface area contributed by atoms with E-state index < -0.39 is 0 Å². The molecule has 224 valence electrons. The zero-order valence-electron chi connectivity index (χ0n) is 28.3. The standard InChI is InChI=1S/C40H64/c1-31(19-13-21-33(3)25-27-37-35(5)23-15-29-39(37,7)8)17-11-12-18-32(2)20-14-22-34(4)26-28-38-36(6)24-16-30-40(38,9)10/h15,17-18,21-23,26,28,35,37H,11-14,16,19-20,24-25,27,29-30H2,1-10H3/b28-26-,31-17+,32-18+,33-21+,34-22+/t35-,37+/m1/s1. The summed E-state index contributed by atoms with van der Waals surface area (Å²) in [4.78, 5) is 0. The summed E-state index contributed by atoms with van der Waals surface area (Å²) in [6.07, 6.45) is 34.1. The molecule has 2 rings (SSSR count). The number of unbranched alkanes of at least 4 members (excludes halogenated alkanes) is 1.